The van der Waals surface area contributed by atoms with Crippen LogP contribution in [0.1, 0.15) is 39.3 Å². The molecule has 1 fully saturated rings. The van der Waals surface area contributed by atoms with Crippen LogP contribution in [0.4, 0.5) is 10.2 Å². The molecule has 0 aromatic carbocycles. The summed E-state index contributed by atoms with van der Waals surface area (Å²) in [4.78, 5) is 0. The van der Waals surface area contributed by atoms with Crippen molar-refractivity contribution in [1.29, 1.82) is 0 Å². The molecule has 1 heterocycles. The van der Waals surface area contributed by atoms with Crippen LogP contribution in [0.15, 0.2) is 0 Å². The van der Waals surface area contributed by atoms with E-state index >= 15 is 0 Å². The van der Waals surface area contributed by atoms with E-state index in [-0.39, 0.29) is 28.4 Å². The molecule has 0 radical (unpaired) electrons. The van der Waals surface area contributed by atoms with Gasteiger partial charge in [0.25, 0.3) is 0 Å². The number of rotatable bonds is 1. The molecular formula is C11H18FN3. The maximum Gasteiger partial charge on any atom is 0.188 e. The monoisotopic (exact) mass is 211 g/mol. The van der Waals surface area contributed by atoms with E-state index in [0.29, 0.717) is 5.69 Å². The van der Waals surface area contributed by atoms with Gasteiger partial charge in [-0.2, -0.15) is 5.10 Å². The minimum absolute atomic E-state index is 0.0919. The number of anilines is 1. The van der Waals surface area contributed by atoms with Crippen molar-refractivity contribution in [3.8, 4) is 0 Å². The molecule has 0 amide bonds. The van der Waals surface area contributed by atoms with Crippen LogP contribution >= 0.6 is 0 Å². The predicted octanol–water partition coefficient (Wildman–Crippen LogP) is 2.29. The van der Waals surface area contributed by atoms with E-state index in [2.05, 4.69) is 32.8 Å². The molecule has 15 heavy (non-hydrogen) atoms. The Morgan fingerprint density at radius 3 is 2.00 bits per heavy atom. The highest BCUT2D eigenvalue weighted by Gasteiger charge is 2.67. The number of nitrogens with two attached hydrogens (primary N) is 1. The average molecular weight is 211 g/mol. The van der Waals surface area contributed by atoms with Gasteiger partial charge in [0, 0.05) is 13.0 Å². The molecular weight excluding hydrogens is 193 g/mol. The highest BCUT2D eigenvalue weighted by Crippen LogP contribution is 2.73. The van der Waals surface area contributed by atoms with Crippen LogP contribution < -0.4 is 5.73 Å². The van der Waals surface area contributed by atoms with E-state index in [1.54, 1.807) is 7.05 Å². The molecule has 0 unspecified atom stereocenters. The van der Waals surface area contributed by atoms with Crippen molar-refractivity contribution < 1.29 is 4.39 Å². The molecule has 0 bridgehead atoms. The molecule has 0 atom stereocenters. The van der Waals surface area contributed by atoms with Crippen LogP contribution in [0.3, 0.4) is 0 Å². The average Bonchev–Trinajstić information content (AvgIpc) is 2.37. The van der Waals surface area contributed by atoms with Crippen molar-refractivity contribution in [2.45, 2.75) is 33.6 Å². The number of halogens is 1. The van der Waals surface area contributed by atoms with Crippen LogP contribution in [0.2, 0.25) is 0 Å². The van der Waals surface area contributed by atoms with Gasteiger partial charge in [0.05, 0.1) is 0 Å². The summed E-state index contributed by atoms with van der Waals surface area (Å²) in [5, 5.41) is 4.18. The molecule has 1 aromatic rings. The molecule has 1 aliphatic rings. The molecule has 2 rings (SSSR count). The van der Waals surface area contributed by atoms with Crippen LogP contribution in [0, 0.1) is 16.6 Å². The predicted molar refractivity (Wildman–Crippen MR) is 57.9 cm³/mol. The first-order valence-corrected chi connectivity index (χ1v) is 5.19. The van der Waals surface area contributed by atoms with E-state index in [1.165, 1.54) is 4.68 Å². The van der Waals surface area contributed by atoms with Gasteiger partial charge in [-0.3, -0.25) is 4.68 Å². The Morgan fingerprint density at radius 1 is 1.27 bits per heavy atom. The Kier molecular flexibility index (Phi) is 1.77. The smallest absolute Gasteiger partial charge is 0.188 e. The molecule has 1 aliphatic carbocycles. The fourth-order valence-electron chi connectivity index (χ4n) is 2.60. The first-order chi connectivity index (χ1) is 6.71. The van der Waals surface area contributed by atoms with E-state index < -0.39 is 0 Å². The summed E-state index contributed by atoms with van der Waals surface area (Å²) in [6.07, 6.45) is 0. The lowest BCUT2D eigenvalue weighted by molar-refractivity contribution is 0.457. The van der Waals surface area contributed by atoms with Crippen molar-refractivity contribution >= 4 is 5.82 Å². The molecule has 0 aliphatic heterocycles. The van der Waals surface area contributed by atoms with Gasteiger partial charge in [-0.05, 0) is 10.8 Å². The zero-order valence-electron chi connectivity index (χ0n) is 9.93. The van der Waals surface area contributed by atoms with Crippen LogP contribution in [0.25, 0.3) is 0 Å². The van der Waals surface area contributed by atoms with Crippen molar-refractivity contribution in [2.24, 2.45) is 17.9 Å². The van der Waals surface area contributed by atoms with Crippen molar-refractivity contribution in [2.75, 3.05) is 5.73 Å². The SMILES string of the molecule is Cn1nc(C2C(C)(C)C2(C)C)c(F)c1N. The Hall–Kier alpha value is -1.06. The number of nitrogens with zero attached hydrogens (tertiary/aromatic N) is 2. The summed E-state index contributed by atoms with van der Waals surface area (Å²) in [7, 11) is 1.67. The third kappa shape index (κ3) is 1.08. The highest BCUT2D eigenvalue weighted by molar-refractivity contribution is 5.40. The van der Waals surface area contributed by atoms with Crippen LogP contribution in [0.5, 0.6) is 0 Å². The minimum Gasteiger partial charge on any atom is -0.381 e. The van der Waals surface area contributed by atoms with Gasteiger partial charge in [-0.15, -0.1) is 0 Å². The van der Waals surface area contributed by atoms with E-state index in [9.17, 15) is 4.39 Å². The Morgan fingerprint density at radius 2 is 1.73 bits per heavy atom. The normalized spacial score (nSPS) is 23.1. The number of hydrogen-bond donors (Lipinski definition) is 1. The third-order valence-electron chi connectivity index (χ3n) is 4.35. The quantitative estimate of drug-likeness (QED) is 0.774. The second-order valence-corrected chi connectivity index (χ2v) is 5.58. The zero-order chi connectivity index (χ0) is 11.6. The van der Waals surface area contributed by atoms with Gasteiger partial charge in [0.1, 0.15) is 5.69 Å². The topological polar surface area (TPSA) is 43.8 Å². The highest BCUT2D eigenvalue weighted by atomic mass is 19.1. The summed E-state index contributed by atoms with van der Waals surface area (Å²) in [5.74, 6) is -0.0573. The maximum atomic E-state index is 13.8. The third-order valence-corrected chi connectivity index (χ3v) is 4.35. The Labute approximate surface area is 89.5 Å². The minimum atomic E-state index is -0.346. The van der Waals surface area contributed by atoms with Crippen molar-refractivity contribution in [3.63, 3.8) is 0 Å². The van der Waals surface area contributed by atoms with Crippen molar-refractivity contribution in [3.05, 3.63) is 11.5 Å². The lowest BCUT2D eigenvalue weighted by Gasteiger charge is -2.03. The molecule has 2 N–H and O–H groups in total. The second kappa shape index (κ2) is 2.54. The molecule has 4 heteroatoms. The molecule has 0 saturated heterocycles. The standard InChI is InChI=1S/C11H18FN3/c1-10(2)8(11(10,3)4)7-6(12)9(13)15(5)14-7/h8H,13H2,1-5H3. The molecule has 1 aromatic heterocycles. The Bertz CT molecular complexity index is 404. The molecule has 0 spiro atoms. The number of aryl methyl sites for hydroxylation is 1. The summed E-state index contributed by atoms with van der Waals surface area (Å²) in [5.41, 5.74) is 6.27. The van der Waals surface area contributed by atoms with E-state index in [0.717, 1.165) is 0 Å². The number of aromatic nitrogens is 2. The number of hydrogen-bond acceptors (Lipinski definition) is 2. The molecule has 84 valence electrons. The van der Waals surface area contributed by atoms with Gasteiger partial charge in [-0.1, -0.05) is 27.7 Å². The van der Waals surface area contributed by atoms with Gasteiger partial charge >= 0.3 is 0 Å². The Balaban J connectivity index is 2.46. The van der Waals surface area contributed by atoms with Gasteiger partial charge < -0.3 is 5.73 Å². The largest absolute Gasteiger partial charge is 0.381 e. The van der Waals surface area contributed by atoms with Crippen molar-refractivity contribution in [1.82, 2.24) is 9.78 Å². The zero-order valence-corrected chi connectivity index (χ0v) is 9.93. The second-order valence-electron chi connectivity index (χ2n) is 5.58. The van der Waals surface area contributed by atoms with E-state index in [1.807, 2.05) is 0 Å². The fraction of sp³-hybridized carbons (Fsp3) is 0.727. The molecule has 3 nitrogen and oxygen atoms in total. The summed E-state index contributed by atoms with van der Waals surface area (Å²) in [6, 6.07) is 0. The first-order valence-electron chi connectivity index (χ1n) is 5.19. The van der Waals surface area contributed by atoms with Gasteiger partial charge in [0.2, 0.25) is 0 Å². The van der Waals surface area contributed by atoms with Gasteiger partial charge in [0.15, 0.2) is 11.6 Å². The lowest BCUT2D eigenvalue weighted by atomic mass is 10.0. The summed E-state index contributed by atoms with van der Waals surface area (Å²) < 4.78 is 15.2. The lowest BCUT2D eigenvalue weighted by Crippen LogP contribution is -1.98. The summed E-state index contributed by atoms with van der Waals surface area (Å²) >= 11 is 0. The maximum absolute atomic E-state index is 13.8. The van der Waals surface area contributed by atoms with E-state index in [4.69, 9.17) is 5.73 Å². The van der Waals surface area contributed by atoms with Crippen LogP contribution in [-0.4, -0.2) is 9.78 Å². The number of nitrogen functional groups attached to an aromatic ring is 1. The fourth-order valence-corrected chi connectivity index (χ4v) is 2.60. The van der Waals surface area contributed by atoms with Gasteiger partial charge in [-0.25, -0.2) is 4.39 Å². The van der Waals surface area contributed by atoms with Crippen LogP contribution in [-0.2, 0) is 7.05 Å². The first kappa shape index (κ1) is 10.5. The molecule has 1 saturated carbocycles. The summed E-state index contributed by atoms with van der Waals surface area (Å²) in [6.45, 7) is 8.56.